The highest BCUT2D eigenvalue weighted by Crippen LogP contribution is 2.30. The summed E-state index contributed by atoms with van der Waals surface area (Å²) in [6.45, 7) is 2.63. The molecule has 0 radical (unpaired) electrons. The minimum Gasteiger partial charge on any atom is -0.494 e. The molecular formula is C24H21N5O. The van der Waals surface area contributed by atoms with Crippen LogP contribution in [0, 0.1) is 6.92 Å². The maximum absolute atomic E-state index is 5.59. The Morgan fingerprint density at radius 3 is 2.50 bits per heavy atom. The fourth-order valence-electron chi connectivity index (χ4n) is 3.69. The van der Waals surface area contributed by atoms with Crippen LogP contribution in [0.2, 0.25) is 0 Å². The first-order valence-electron chi connectivity index (χ1n) is 9.81. The number of benzene rings is 3. The summed E-state index contributed by atoms with van der Waals surface area (Å²) in [5.41, 5.74) is 3.83. The number of nitrogens with one attached hydrogen (secondary N) is 1. The van der Waals surface area contributed by atoms with E-state index in [1.165, 1.54) is 5.56 Å². The minimum atomic E-state index is 0.564. The Hall–Kier alpha value is -3.93. The van der Waals surface area contributed by atoms with Crippen molar-refractivity contribution in [3.63, 3.8) is 0 Å². The highest BCUT2D eigenvalue weighted by Gasteiger charge is 2.16. The lowest BCUT2D eigenvalue weighted by molar-refractivity contribution is 0.419. The van der Waals surface area contributed by atoms with Gasteiger partial charge in [-0.2, -0.15) is 4.98 Å². The van der Waals surface area contributed by atoms with E-state index in [9.17, 15) is 0 Å². The Labute approximate surface area is 174 Å². The van der Waals surface area contributed by atoms with Crippen molar-refractivity contribution in [3.8, 4) is 11.7 Å². The Balaban J connectivity index is 1.70. The van der Waals surface area contributed by atoms with Crippen LogP contribution in [0.1, 0.15) is 11.4 Å². The molecule has 0 atom stereocenters. The fourth-order valence-corrected chi connectivity index (χ4v) is 3.69. The van der Waals surface area contributed by atoms with Gasteiger partial charge in [-0.1, -0.05) is 48.5 Å². The molecule has 5 aromatic rings. The van der Waals surface area contributed by atoms with E-state index in [1.54, 1.807) is 7.11 Å². The summed E-state index contributed by atoms with van der Waals surface area (Å²) in [4.78, 5) is 14.4. The van der Waals surface area contributed by atoms with Crippen LogP contribution in [0.4, 0.5) is 5.82 Å². The molecule has 0 aliphatic rings. The van der Waals surface area contributed by atoms with Crippen molar-refractivity contribution in [2.24, 2.45) is 0 Å². The molecule has 3 aromatic carbocycles. The van der Waals surface area contributed by atoms with E-state index in [0.717, 1.165) is 33.6 Å². The molecule has 6 nitrogen and oxygen atoms in total. The molecule has 2 heterocycles. The van der Waals surface area contributed by atoms with Crippen LogP contribution >= 0.6 is 0 Å². The van der Waals surface area contributed by atoms with Crippen LogP contribution in [-0.4, -0.2) is 26.6 Å². The number of fused-ring (bicyclic) bond motifs is 2. The van der Waals surface area contributed by atoms with Crippen molar-refractivity contribution < 1.29 is 4.74 Å². The lowest BCUT2D eigenvalue weighted by atomic mass is 10.2. The van der Waals surface area contributed by atoms with E-state index >= 15 is 0 Å². The highest BCUT2D eigenvalue weighted by atomic mass is 16.5. The quantitative estimate of drug-likeness (QED) is 0.459. The van der Waals surface area contributed by atoms with E-state index in [2.05, 4.69) is 22.4 Å². The average molecular weight is 395 g/mol. The van der Waals surface area contributed by atoms with E-state index in [4.69, 9.17) is 14.7 Å². The molecule has 0 unspecified atom stereocenters. The number of hydrogen-bond acceptors (Lipinski definition) is 5. The van der Waals surface area contributed by atoms with Gasteiger partial charge in [0.25, 0.3) is 0 Å². The molecule has 0 amide bonds. The van der Waals surface area contributed by atoms with E-state index in [0.29, 0.717) is 18.2 Å². The summed E-state index contributed by atoms with van der Waals surface area (Å²) in [5.74, 6) is 2.86. The predicted molar refractivity (Wildman–Crippen MR) is 119 cm³/mol. The number of rotatable bonds is 5. The molecule has 0 saturated carbocycles. The van der Waals surface area contributed by atoms with Crippen LogP contribution in [0.5, 0.6) is 5.75 Å². The number of methoxy groups -OCH3 is 1. The van der Waals surface area contributed by atoms with Crippen molar-refractivity contribution in [1.29, 1.82) is 0 Å². The Morgan fingerprint density at radius 2 is 1.67 bits per heavy atom. The molecule has 1 N–H and O–H groups in total. The van der Waals surface area contributed by atoms with Crippen molar-refractivity contribution in [2.75, 3.05) is 12.4 Å². The topological polar surface area (TPSA) is 64.9 Å². The number of para-hydroxylation sites is 3. The van der Waals surface area contributed by atoms with Crippen LogP contribution in [0.25, 0.3) is 27.9 Å². The van der Waals surface area contributed by atoms with Gasteiger partial charge in [0.05, 0.1) is 18.1 Å². The van der Waals surface area contributed by atoms with Crippen molar-refractivity contribution >= 4 is 27.8 Å². The molecule has 148 valence electrons. The zero-order valence-electron chi connectivity index (χ0n) is 16.8. The summed E-state index contributed by atoms with van der Waals surface area (Å²) in [5, 5.41) is 4.40. The summed E-state index contributed by atoms with van der Waals surface area (Å²) in [7, 11) is 1.66. The lowest BCUT2D eigenvalue weighted by Crippen LogP contribution is -2.09. The van der Waals surface area contributed by atoms with E-state index < -0.39 is 0 Å². The summed E-state index contributed by atoms with van der Waals surface area (Å²) < 4.78 is 7.57. The van der Waals surface area contributed by atoms with E-state index in [1.807, 2.05) is 72.2 Å². The monoisotopic (exact) mass is 395 g/mol. The van der Waals surface area contributed by atoms with Gasteiger partial charge >= 0.3 is 0 Å². The van der Waals surface area contributed by atoms with Crippen molar-refractivity contribution in [2.45, 2.75) is 13.5 Å². The molecule has 6 heteroatoms. The fraction of sp³-hybridized carbons (Fsp3) is 0.125. The van der Waals surface area contributed by atoms with Crippen LogP contribution in [0.15, 0.2) is 72.8 Å². The molecule has 0 saturated heterocycles. The Kier molecular flexibility index (Phi) is 4.52. The van der Waals surface area contributed by atoms with E-state index in [-0.39, 0.29) is 0 Å². The van der Waals surface area contributed by atoms with Gasteiger partial charge in [-0.3, -0.25) is 4.57 Å². The molecule has 5 rings (SSSR count). The maximum Gasteiger partial charge on any atom is 0.238 e. The third kappa shape index (κ3) is 3.12. The molecule has 0 spiro atoms. The SMILES string of the molecule is COc1cccc2c(NCc3ccccc3)nc(-n3c(C)nc4ccccc43)nc12. The molecule has 0 bridgehead atoms. The first-order valence-corrected chi connectivity index (χ1v) is 9.81. The minimum absolute atomic E-state index is 0.564. The highest BCUT2D eigenvalue weighted by molar-refractivity contribution is 5.94. The first kappa shape index (κ1) is 18.1. The van der Waals surface area contributed by atoms with Gasteiger partial charge in [0.1, 0.15) is 22.9 Å². The van der Waals surface area contributed by atoms with Gasteiger partial charge in [-0.25, -0.2) is 9.97 Å². The standard InChI is InChI=1S/C24H21N5O/c1-16-26-19-12-6-7-13-20(19)29(16)24-27-22-18(11-8-14-21(22)30-2)23(28-24)25-15-17-9-4-3-5-10-17/h3-14H,15H2,1-2H3,(H,25,27,28). The second-order valence-electron chi connectivity index (χ2n) is 7.05. The summed E-state index contributed by atoms with van der Waals surface area (Å²) in [6, 6.07) is 24.1. The van der Waals surface area contributed by atoms with Gasteiger partial charge in [-0.15, -0.1) is 0 Å². The number of anilines is 1. The van der Waals surface area contributed by atoms with Gasteiger partial charge in [0.2, 0.25) is 5.95 Å². The lowest BCUT2D eigenvalue weighted by Gasteiger charge is -2.14. The zero-order valence-corrected chi connectivity index (χ0v) is 16.8. The van der Waals surface area contributed by atoms with Crippen LogP contribution in [0.3, 0.4) is 0 Å². The molecule has 30 heavy (non-hydrogen) atoms. The number of nitrogens with zero attached hydrogens (tertiary/aromatic N) is 4. The first-order chi connectivity index (χ1) is 14.7. The largest absolute Gasteiger partial charge is 0.494 e. The number of ether oxygens (including phenoxy) is 1. The second kappa shape index (κ2) is 7.48. The smallest absolute Gasteiger partial charge is 0.238 e. The number of aryl methyl sites for hydroxylation is 1. The van der Waals surface area contributed by atoms with Gasteiger partial charge in [-0.05, 0) is 36.8 Å². The third-order valence-corrected chi connectivity index (χ3v) is 5.13. The number of aromatic nitrogens is 4. The van der Waals surface area contributed by atoms with Crippen molar-refractivity contribution in [1.82, 2.24) is 19.5 Å². The third-order valence-electron chi connectivity index (χ3n) is 5.13. The second-order valence-corrected chi connectivity index (χ2v) is 7.05. The molecule has 0 aliphatic heterocycles. The normalized spacial score (nSPS) is 11.1. The Morgan fingerprint density at radius 1 is 0.867 bits per heavy atom. The molecular weight excluding hydrogens is 374 g/mol. The van der Waals surface area contributed by atoms with Gasteiger partial charge in [0, 0.05) is 11.9 Å². The van der Waals surface area contributed by atoms with Gasteiger partial charge in [0.15, 0.2) is 0 Å². The molecule has 2 aromatic heterocycles. The molecule has 0 fully saturated rings. The van der Waals surface area contributed by atoms with Crippen LogP contribution in [-0.2, 0) is 6.54 Å². The summed E-state index contributed by atoms with van der Waals surface area (Å²) in [6.07, 6.45) is 0. The van der Waals surface area contributed by atoms with Crippen molar-refractivity contribution in [3.05, 3.63) is 84.2 Å². The number of hydrogen-bond donors (Lipinski definition) is 1. The predicted octanol–water partition coefficient (Wildman–Crippen LogP) is 4.90. The summed E-state index contributed by atoms with van der Waals surface area (Å²) >= 11 is 0. The van der Waals surface area contributed by atoms with Gasteiger partial charge < -0.3 is 10.1 Å². The van der Waals surface area contributed by atoms with Crippen LogP contribution < -0.4 is 10.1 Å². The molecule has 0 aliphatic carbocycles. The maximum atomic E-state index is 5.59. The Bertz CT molecular complexity index is 1340. The number of imidazole rings is 1. The zero-order chi connectivity index (χ0) is 20.5. The average Bonchev–Trinajstić information content (AvgIpc) is 3.13.